The number of hydrogen-bond acceptors (Lipinski definition) is 2. The summed E-state index contributed by atoms with van der Waals surface area (Å²) in [6.07, 6.45) is 2.18. The zero-order chi connectivity index (χ0) is 10.6. The van der Waals surface area contributed by atoms with Crippen molar-refractivity contribution in [3.63, 3.8) is 0 Å². The molecule has 1 rings (SSSR count). The highest BCUT2D eigenvalue weighted by atomic mass is 35.5. The molecule has 3 N–H and O–H groups in total. The average molecular weight is 215 g/mol. The molecule has 0 aliphatic carbocycles. The van der Waals surface area contributed by atoms with Crippen LogP contribution in [0.5, 0.6) is 0 Å². The highest BCUT2D eigenvalue weighted by Crippen LogP contribution is 2.27. The molecule has 0 saturated carbocycles. The van der Waals surface area contributed by atoms with Crippen LogP contribution >= 0.6 is 11.6 Å². The second-order valence-corrected chi connectivity index (χ2v) is 3.29. The number of nitrogens with two attached hydrogens (primary N) is 1. The maximum Gasteiger partial charge on any atom is 0.129 e. The molecular weight excluding hydrogens is 203 g/mol. The molecule has 0 amide bonds. The van der Waals surface area contributed by atoms with Gasteiger partial charge in [0.1, 0.15) is 5.82 Å². The Labute approximate surface area is 87.5 Å². The van der Waals surface area contributed by atoms with Gasteiger partial charge in [0.2, 0.25) is 0 Å². The first-order chi connectivity index (χ1) is 6.70. The number of nitrogens with one attached hydrogen (secondary N) is 1. The molecule has 14 heavy (non-hydrogen) atoms. The summed E-state index contributed by atoms with van der Waals surface area (Å²) in [6.45, 7) is 3.57. The fourth-order valence-electron chi connectivity index (χ4n) is 1.28. The maximum atomic E-state index is 13.4. The third-order valence-electron chi connectivity index (χ3n) is 1.95. The molecule has 0 aromatic heterocycles. The van der Waals surface area contributed by atoms with E-state index in [0.29, 0.717) is 17.0 Å². The third kappa shape index (κ3) is 2.32. The van der Waals surface area contributed by atoms with Gasteiger partial charge in [0.15, 0.2) is 0 Å². The third-order valence-corrected chi connectivity index (χ3v) is 2.28. The Hall–Kier alpha value is -0.900. The molecule has 0 saturated heterocycles. The minimum absolute atomic E-state index is 0.332. The maximum absolute atomic E-state index is 13.4. The Morgan fingerprint density at radius 1 is 1.64 bits per heavy atom. The molecule has 0 spiro atoms. The van der Waals surface area contributed by atoms with E-state index in [1.807, 2.05) is 0 Å². The van der Waals surface area contributed by atoms with Crippen LogP contribution in [0.3, 0.4) is 0 Å². The molecule has 2 nitrogen and oxygen atoms in total. The Kier molecular flexibility index (Phi) is 4.07. The lowest BCUT2D eigenvalue weighted by Gasteiger charge is -2.16. The van der Waals surface area contributed by atoms with Gasteiger partial charge in [0, 0.05) is 10.6 Å². The summed E-state index contributed by atoms with van der Waals surface area (Å²) in [5.74, 6) is 4.95. The van der Waals surface area contributed by atoms with E-state index in [2.05, 4.69) is 12.0 Å². The zero-order valence-electron chi connectivity index (χ0n) is 7.63. The topological polar surface area (TPSA) is 38.0 Å². The van der Waals surface area contributed by atoms with E-state index >= 15 is 0 Å². The van der Waals surface area contributed by atoms with Crippen molar-refractivity contribution in [2.75, 3.05) is 0 Å². The Bertz CT molecular complexity index is 308. The van der Waals surface area contributed by atoms with Gasteiger partial charge < -0.3 is 0 Å². The summed E-state index contributed by atoms with van der Waals surface area (Å²) in [6, 6.07) is 4.21. The van der Waals surface area contributed by atoms with E-state index in [0.717, 1.165) is 0 Å². The number of hydrazine groups is 1. The van der Waals surface area contributed by atoms with E-state index < -0.39 is 0 Å². The Morgan fingerprint density at radius 3 is 2.86 bits per heavy atom. The van der Waals surface area contributed by atoms with Crippen molar-refractivity contribution in [2.24, 2.45) is 5.84 Å². The van der Waals surface area contributed by atoms with E-state index in [9.17, 15) is 4.39 Å². The smallest absolute Gasteiger partial charge is 0.129 e. The Balaban J connectivity index is 3.07. The molecule has 0 heterocycles. The summed E-state index contributed by atoms with van der Waals surface area (Å²) >= 11 is 5.87. The van der Waals surface area contributed by atoms with Gasteiger partial charge in [-0.2, -0.15) is 0 Å². The first-order valence-electron chi connectivity index (χ1n) is 4.21. The summed E-state index contributed by atoms with van der Waals surface area (Å²) in [5, 5.41) is 0.370. The molecular formula is C10H12ClFN2. The monoisotopic (exact) mass is 214 g/mol. The van der Waals surface area contributed by atoms with E-state index in [4.69, 9.17) is 17.4 Å². The fraction of sp³-hybridized carbons (Fsp3) is 0.200. The van der Waals surface area contributed by atoms with Gasteiger partial charge in [-0.25, -0.2) is 4.39 Å². The lowest BCUT2D eigenvalue weighted by molar-refractivity contribution is 0.517. The zero-order valence-corrected chi connectivity index (χ0v) is 8.39. The average Bonchev–Trinajstić information content (AvgIpc) is 2.16. The summed E-state index contributed by atoms with van der Waals surface area (Å²) < 4.78 is 13.4. The van der Waals surface area contributed by atoms with Crippen LogP contribution in [0.15, 0.2) is 30.9 Å². The van der Waals surface area contributed by atoms with Crippen LogP contribution in [0.25, 0.3) is 0 Å². The molecule has 0 fully saturated rings. The fourth-order valence-corrected chi connectivity index (χ4v) is 1.57. The first-order valence-corrected chi connectivity index (χ1v) is 4.59. The minimum atomic E-state index is -0.359. The summed E-state index contributed by atoms with van der Waals surface area (Å²) in [4.78, 5) is 0. The molecule has 1 unspecified atom stereocenters. The van der Waals surface area contributed by atoms with Gasteiger partial charge in [0.25, 0.3) is 0 Å². The highest BCUT2D eigenvalue weighted by Gasteiger charge is 2.15. The lowest BCUT2D eigenvalue weighted by Crippen LogP contribution is -2.28. The van der Waals surface area contributed by atoms with Gasteiger partial charge >= 0.3 is 0 Å². The second-order valence-electron chi connectivity index (χ2n) is 2.88. The highest BCUT2D eigenvalue weighted by molar-refractivity contribution is 6.31. The molecule has 1 aromatic carbocycles. The predicted molar refractivity (Wildman–Crippen MR) is 56.3 cm³/mol. The van der Waals surface area contributed by atoms with Crippen molar-refractivity contribution in [2.45, 2.75) is 12.5 Å². The largest absolute Gasteiger partial charge is 0.271 e. The van der Waals surface area contributed by atoms with Crippen molar-refractivity contribution in [1.29, 1.82) is 0 Å². The van der Waals surface area contributed by atoms with Crippen molar-refractivity contribution >= 4 is 11.6 Å². The lowest BCUT2D eigenvalue weighted by atomic mass is 10.0. The van der Waals surface area contributed by atoms with Gasteiger partial charge in [-0.15, -0.1) is 6.58 Å². The number of rotatable bonds is 4. The second kappa shape index (κ2) is 5.10. The van der Waals surface area contributed by atoms with Crippen LogP contribution < -0.4 is 11.3 Å². The van der Waals surface area contributed by atoms with Crippen LogP contribution in [0.4, 0.5) is 4.39 Å². The van der Waals surface area contributed by atoms with Crippen LogP contribution in [-0.2, 0) is 0 Å². The van der Waals surface area contributed by atoms with Gasteiger partial charge in [0.05, 0.1) is 6.04 Å². The van der Waals surface area contributed by atoms with Crippen molar-refractivity contribution in [1.82, 2.24) is 5.43 Å². The number of hydrogen-bond donors (Lipinski definition) is 2. The van der Waals surface area contributed by atoms with Crippen molar-refractivity contribution in [3.05, 3.63) is 47.3 Å². The SMILES string of the molecule is C=CCC(NN)c1c(F)cccc1Cl. The molecule has 0 aliphatic rings. The van der Waals surface area contributed by atoms with E-state index in [1.165, 1.54) is 6.07 Å². The van der Waals surface area contributed by atoms with E-state index in [-0.39, 0.29) is 11.9 Å². The normalized spacial score (nSPS) is 12.5. The van der Waals surface area contributed by atoms with Gasteiger partial charge in [-0.05, 0) is 18.6 Å². The van der Waals surface area contributed by atoms with Crippen molar-refractivity contribution in [3.8, 4) is 0 Å². The molecule has 4 heteroatoms. The quantitative estimate of drug-likeness (QED) is 0.459. The van der Waals surface area contributed by atoms with Crippen molar-refractivity contribution < 1.29 is 4.39 Å². The van der Waals surface area contributed by atoms with Crippen LogP contribution in [0.2, 0.25) is 5.02 Å². The van der Waals surface area contributed by atoms with Crippen LogP contribution in [0.1, 0.15) is 18.0 Å². The van der Waals surface area contributed by atoms with Gasteiger partial charge in [-0.1, -0.05) is 23.7 Å². The number of halogens is 2. The molecule has 0 radical (unpaired) electrons. The summed E-state index contributed by atoms with van der Waals surface area (Å²) in [5.41, 5.74) is 2.89. The molecule has 0 aliphatic heterocycles. The number of benzene rings is 1. The Morgan fingerprint density at radius 2 is 2.36 bits per heavy atom. The first kappa shape index (κ1) is 11.2. The predicted octanol–water partition coefficient (Wildman–Crippen LogP) is 2.56. The standard InChI is InChI=1S/C10H12ClFN2/c1-2-4-9(14-13)10-7(11)5-3-6-8(10)12/h2-3,5-6,9,14H,1,4,13H2. The van der Waals surface area contributed by atoms with Crippen LogP contribution in [0, 0.1) is 5.82 Å². The van der Waals surface area contributed by atoms with Crippen LogP contribution in [-0.4, -0.2) is 0 Å². The molecule has 1 aromatic rings. The van der Waals surface area contributed by atoms with Gasteiger partial charge in [-0.3, -0.25) is 11.3 Å². The molecule has 76 valence electrons. The molecule has 1 atom stereocenters. The molecule has 0 bridgehead atoms. The minimum Gasteiger partial charge on any atom is -0.271 e. The summed E-state index contributed by atoms with van der Waals surface area (Å²) in [7, 11) is 0. The van der Waals surface area contributed by atoms with E-state index in [1.54, 1.807) is 18.2 Å².